The highest BCUT2D eigenvalue weighted by Gasteiger charge is 2.21. The van der Waals surface area contributed by atoms with Crippen LogP contribution in [0.2, 0.25) is 0 Å². The van der Waals surface area contributed by atoms with Crippen molar-refractivity contribution < 1.29 is 14.7 Å². The minimum Gasteiger partial charge on any atom is -0.480 e. The first-order chi connectivity index (χ1) is 9.56. The molecule has 0 saturated heterocycles. The molecule has 20 heavy (non-hydrogen) atoms. The van der Waals surface area contributed by atoms with E-state index in [0.29, 0.717) is 12.1 Å². The third kappa shape index (κ3) is 5.02. The van der Waals surface area contributed by atoms with Crippen LogP contribution in [0.15, 0.2) is 12.5 Å². The predicted octanol–water partition coefficient (Wildman–Crippen LogP) is 0.506. The van der Waals surface area contributed by atoms with E-state index in [2.05, 4.69) is 26.5 Å². The molecule has 0 bridgehead atoms. The second-order valence-electron chi connectivity index (χ2n) is 4.30. The molecule has 0 aliphatic heterocycles. The zero-order valence-electron chi connectivity index (χ0n) is 11.2. The molecule has 108 valence electrons. The van der Waals surface area contributed by atoms with Gasteiger partial charge in [0.25, 0.3) is 0 Å². The average molecular weight is 278 g/mol. The summed E-state index contributed by atoms with van der Waals surface area (Å²) in [7, 11) is 0. The normalized spacial score (nSPS) is 13.0. The first kappa shape index (κ1) is 15.6. The molecule has 2 amide bonds. The van der Waals surface area contributed by atoms with Crippen LogP contribution < -0.4 is 10.6 Å². The Bertz CT molecular complexity index is 478. The average Bonchev–Trinajstić information content (AvgIpc) is 2.90. The summed E-state index contributed by atoms with van der Waals surface area (Å²) in [6.45, 7) is 1.95. The number of rotatable bonds is 7. The third-order valence-electron chi connectivity index (χ3n) is 2.67. The number of carbonyl (C=O) groups excluding carboxylic acids is 1. The molecule has 0 radical (unpaired) electrons. The zero-order valence-corrected chi connectivity index (χ0v) is 11.2. The van der Waals surface area contributed by atoms with E-state index in [-0.39, 0.29) is 6.42 Å². The maximum absolute atomic E-state index is 11.7. The van der Waals surface area contributed by atoms with E-state index in [9.17, 15) is 9.59 Å². The van der Waals surface area contributed by atoms with Crippen LogP contribution in [0.5, 0.6) is 0 Å². The van der Waals surface area contributed by atoms with Gasteiger partial charge in [-0.15, -0.1) is 6.42 Å². The number of hydrogen-bond donors (Lipinski definition) is 4. The summed E-state index contributed by atoms with van der Waals surface area (Å²) >= 11 is 0. The van der Waals surface area contributed by atoms with Gasteiger partial charge in [-0.05, 0) is 6.42 Å². The van der Waals surface area contributed by atoms with E-state index < -0.39 is 24.1 Å². The lowest BCUT2D eigenvalue weighted by molar-refractivity contribution is -0.139. The van der Waals surface area contributed by atoms with Crippen molar-refractivity contribution >= 4 is 12.0 Å². The van der Waals surface area contributed by atoms with Crippen LogP contribution in [0.25, 0.3) is 0 Å². The van der Waals surface area contributed by atoms with Crippen LogP contribution in [-0.4, -0.2) is 39.2 Å². The van der Waals surface area contributed by atoms with Crippen molar-refractivity contribution in [2.45, 2.75) is 38.3 Å². The van der Waals surface area contributed by atoms with E-state index >= 15 is 0 Å². The Kier molecular flexibility index (Phi) is 6.10. The number of H-pyrrole nitrogens is 1. The molecule has 1 aromatic rings. The van der Waals surface area contributed by atoms with E-state index in [1.54, 1.807) is 0 Å². The highest BCUT2D eigenvalue weighted by molar-refractivity contribution is 5.83. The lowest BCUT2D eigenvalue weighted by Gasteiger charge is -2.17. The molecular formula is C13H18N4O3. The first-order valence-corrected chi connectivity index (χ1v) is 6.30. The van der Waals surface area contributed by atoms with Gasteiger partial charge in [0.15, 0.2) is 0 Å². The first-order valence-electron chi connectivity index (χ1n) is 6.30. The van der Waals surface area contributed by atoms with Gasteiger partial charge in [0, 0.05) is 18.3 Å². The molecule has 0 aliphatic rings. The molecule has 0 saturated carbocycles. The number of aliphatic carboxylic acids is 1. The summed E-state index contributed by atoms with van der Waals surface area (Å²) in [5, 5.41) is 14.0. The molecule has 1 rings (SSSR count). The van der Waals surface area contributed by atoms with Crippen LogP contribution in [0, 0.1) is 12.3 Å². The lowest BCUT2D eigenvalue weighted by atomic mass is 10.1. The molecule has 2 unspecified atom stereocenters. The smallest absolute Gasteiger partial charge is 0.326 e. The van der Waals surface area contributed by atoms with E-state index in [0.717, 1.165) is 6.42 Å². The van der Waals surface area contributed by atoms with Crippen LogP contribution in [0.1, 0.15) is 25.5 Å². The van der Waals surface area contributed by atoms with Gasteiger partial charge < -0.3 is 20.7 Å². The predicted molar refractivity (Wildman–Crippen MR) is 72.9 cm³/mol. The molecule has 0 aromatic carbocycles. The number of aromatic nitrogens is 2. The fraction of sp³-hybridized carbons (Fsp3) is 0.462. The van der Waals surface area contributed by atoms with Gasteiger partial charge in [0.1, 0.15) is 6.04 Å². The van der Waals surface area contributed by atoms with Gasteiger partial charge in [-0.2, -0.15) is 0 Å². The number of carboxylic acids is 1. The summed E-state index contributed by atoms with van der Waals surface area (Å²) < 4.78 is 0. The van der Waals surface area contributed by atoms with Crippen molar-refractivity contribution in [3.63, 3.8) is 0 Å². The minimum atomic E-state index is -1.12. The second-order valence-corrected chi connectivity index (χ2v) is 4.30. The fourth-order valence-corrected chi connectivity index (χ4v) is 1.66. The lowest BCUT2D eigenvalue weighted by Crippen LogP contribution is -2.49. The van der Waals surface area contributed by atoms with Crippen molar-refractivity contribution in [3.8, 4) is 12.3 Å². The van der Waals surface area contributed by atoms with Gasteiger partial charge in [-0.3, -0.25) is 0 Å². The van der Waals surface area contributed by atoms with Gasteiger partial charge in [-0.1, -0.05) is 19.3 Å². The Balaban J connectivity index is 2.55. The monoisotopic (exact) mass is 278 g/mol. The number of terminal acetylenes is 1. The third-order valence-corrected chi connectivity index (χ3v) is 2.67. The van der Waals surface area contributed by atoms with E-state index in [4.69, 9.17) is 11.5 Å². The molecule has 0 spiro atoms. The Hall–Kier alpha value is -2.49. The standard InChI is InChI=1S/C13H18N4O3/c1-3-5-9(4-2)16-13(20)17-11(12(18)19)6-10-7-14-8-15-10/h2,7-9,11H,3,5-6H2,1H3,(H,14,15)(H,18,19)(H2,16,17,20). The summed E-state index contributed by atoms with van der Waals surface area (Å²) in [4.78, 5) is 29.4. The molecule has 7 heteroatoms. The maximum atomic E-state index is 11.7. The number of nitrogens with zero attached hydrogens (tertiary/aromatic N) is 1. The quantitative estimate of drug-likeness (QED) is 0.545. The van der Waals surface area contributed by atoms with Crippen LogP contribution in [0.4, 0.5) is 4.79 Å². The van der Waals surface area contributed by atoms with Gasteiger partial charge in [0.2, 0.25) is 0 Å². The van der Waals surface area contributed by atoms with Crippen molar-refractivity contribution in [3.05, 3.63) is 18.2 Å². The van der Waals surface area contributed by atoms with Crippen molar-refractivity contribution in [2.75, 3.05) is 0 Å². The second kappa shape index (κ2) is 7.84. The molecule has 4 N–H and O–H groups in total. The Morgan fingerprint density at radius 1 is 1.55 bits per heavy atom. The molecule has 0 aliphatic carbocycles. The highest BCUT2D eigenvalue weighted by Crippen LogP contribution is 2.00. The van der Waals surface area contributed by atoms with Crippen LogP contribution >= 0.6 is 0 Å². The molecule has 7 nitrogen and oxygen atoms in total. The Morgan fingerprint density at radius 3 is 2.80 bits per heavy atom. The van der Waals surface area contributed by atoms with Gasteiger partial charge >= 0.3 is 12.0 Å². The molecular weight excluding hydrogens is 260 g/mol. The highest BCUT2D eigenvalue weighted by atomic mass is 16.4. The minimum absolute atomic E-state index is 0.122. The molecule has 2 atom stereocenters. The largest absolute Gasteiger partial charge is 0.480 e. The summed E-state index contributed by atoms with van der Waals surface area (Å²) in [5.74, 6) is 1.32. The number of urea groups is 1. The van der Waals surface area contributed by atoms with Crippen molar-refractivity contribution in [1.82, 2.24) is 20.6 Å². The molecule has 1 heterocycles. The van der Waals surface area contributed by atoms with Crippen molar-refractivity contribution in [1.29, 1.82) is 0 Å². The summed E-state index contributed by atoms with van der Waals surface area (Å²) in [6.07, 6.45) is 9.83. The number of imidazole rings is 1. The number of nitrogens with one attached hydrogen (secondary N) is 3. The fourth-order valence-electron chi connectivity index (χ4n) is 1.66. The topological polar surface area (TPSA) is 107 Å². The summed E-state index contributed by atoms with van der Waals surface area (Å²) in [5.41, 5.74) is 0.625. The number of carboxylic acid groups (broad SMARTS) is 1. The summed E-state index contributed by atoms with van der Waals surface area (Å²) in [6, 6.07) is -2.04. The van der Waals surface area contributed by atoms with Crippen molar-refractivity contribution in [2.24, 2.45) is 0 Å². The van der Waals surface area contributed by atoms with Gasteiger partial charge in [-0.25, -0.2) is 14.6 Å². The molecule has 0 fully saturated rings. The van der Waals surface area contributed by atoms with E-state index in [1.807, 2.05) is 6.92 Å². The number of amides is 2. The zero-order chi connectivity index (χ0) is 15.0. The number of carbonyl (C=O) groups is 2. The van der Waals surface area contributed by atoms with Crippen LogP contribution in [-0.2, 0) is 11.2 Å². The maximum Gasteiger partial charge on any atom is 0.326 e. The SMILES string of the molecule is C#CC(CCC)NC(=O)NC(Cc1cnc[nH]1)C(=O)O. The number of aromatic amines is 1. The Labute approximate surface area is 117 Å². The number of hydrogen-bond acceptors (Lipinski definition) is 3. The van der Waals surface area contributed by atoms with E-state index in [1.165, 1.54) is 12.5 Å². The van der Waals surface area contributed by atoms with Crippen LogP contribution in [0.3, 0.4) is 0 Å². The molecule has 1 aromatic heterocycles. The van der Waals surface area contributed by atoms with Gasteiger partial charge in [0.05, 0.1) is 12.4 Å². The Morgan fingerprint density at radius 2 is 2.30 bits per heavy atom.